The molecule has 0 amide bonds. The summed E-state index contributed by atoms with van der Waals surface area (Å²) in [6, 6.07) is 6.06. The van der Waals surface area contributed by atoms with Gasteiger partial charge in [-0.1, -0.05) is 0 Å². The Morgan fingerprint density at radius 3 is 2.45 bits per heavy atom. The summed E-state index contributed by atoms with van der Waals surface area (Å²) >= 11 is 1.63. The van der Waals surface area contributed by atoms with Crippen molar-refractivity contribution in [3.05, 3.63) is 34.5 Å². The predicted octanol–water partition coefficient (Wildman–Crippen LogP) is 2.10. The summed E-state index contributed by atoms with van der Waals surface area (Å²) in [5.41, 5.74) is 11.0. The number of aryl methyl sites for hydroxylation is 1. The number of aliphatic hydroxyl groups is 2. The SMILES string of the molecule is Cc1cc(N(CCO)CCO)cc(-c2ccsc2)c1N. The zero-order chi connectivity index (χ0) is 14.5. The Bertz CT molecular complexity index is 549. The standard InChI is InChI=1S/C15H20N2O2S/c1-11-8-13(17(3-5-18)4-6-19)9-14(15(11)16)12-2-7-20-10-12/h2,7-10,18-19H,3-6,16H2,1H3. The van der Waals surface area contributed by atoms with E-state index in [9.17, 15) is 0 Å². The Labute approximate surface area is 123 Å². The molecule has 0 fully saturated rings. The first-order valence-corrected chi connectivity index (χ1v) is 7.51. The van der Waals surface area contributed by atoms with Gasteiger partial charge in [0.15, 0.2) is 0 Å². The lowest BCUT2D eigenvalue weighted by atomic mass is 10.0. The number of benzene rings is 1. The molecule has 20 heavy (non-hydrogen) atoms. The Balaban J connectivity index is 2.44. The number of rotatable bonds is 6. The van der Waals surface area contributed by atoms with Crippen LogP contribution in [0.4, 0.5) is 11.4 Å². The monoisotopic (exact) mass is 292 g/mol. The molecule has 4 N–H and O–H groups in total. The molecule has 0 aliphatic heterocycles. The maximum absolute atomic E-state index is 9.16. The second kappa shape index (κ2) is 6.74. The highest BCUT2D eigenvalue weighted by molar-refractivity contribution is 7.08. The zero-order valence-corrected chi connectivity index (χ0v) is 12.4. The molecule has 1 aromatic heterocycles. The van der Waals surface area contributed by atoms with Crippen molar-refractivity contribution in [2.24, 2.45) is 0 Å². The van der Waals surface area contributed by atoms with Gasteiger partial charge in [-0.3, -0.25) is 0 Å². The van der Waals surface area contributed by atoms with E-state index in [4.69, 9.17) is 15.9 Å². The largest absolute Gasteiger partial charge is 0.398 e. The summed E-state index contributed by atoms with van der Waals surface area (Å²) in [6.45, 7) is 3.07. The molecule has 0 aliphatic rings. The Kier molecular flexibility index (Phi) is 5.00. The average Bonchev–Trinajstić information content (AvgIpc) is 2.95. The van der Waals surface area contributed by atoms with Crippen molar-refractivity contribution in [3.63, 3.8) is 0 Å². The molecule has 0 unspecified atom stereocenters. The minimum atomic E-state index is 0.0528. The van der Waals surface area contributed by atoms with Crippen molar-refractivity contribution in [1.29, 1.82) is 0 Å². The lowest BCUT2D eigenvalue weighted by Crippen LogP contribution is -2.29. The van der Waals surface area contributed by atoms with Gasteiger partial charge >= 0.3 is 0 Å². The minimum Gasteiger partial charge on any atom is -0.398 e. The number of nitrogens with zero attached hydrogens (tertiary/aromatic N) is 1. The van der Waals surface area contributed by atoms with E-state index in [2.05, 4.69) is 5.38 Å². The Hall–Kier alpha value is -1.56. The van der Waals surface area contributed by atoms with Crippen LogP contribution in [0.25, 0.3) is 11.1 Å². The van der Waals surface area contributed by atoms with E-state index in [-0.39, 0.29) is 13.2 Å². The second-order valence-corrected chi connectivity index (χ2v) is 5.45. The molecule has 1 aromatic carbocycles. The first-order chi connectivity index (χ1) is 9.67. The van der Waals surface area contributed by atoms with Crippen LogP contribution in [0.3, 0.4) is 0 Å². The van der Waals surface area contributed by atoms with Crippen LogP contribution in [-0.4, -0.2) is 36.5 Å². The first kappa shape index (κ1) is 14.8. The molecule has 0 radical (unpaired) electrons. The van der Waals surface area contributed by atoms with Crippen molar-refractivity contribution in [3.8, 4) is 11.1 Å². The van der Waals surface area contributed by atoms with Gasteiger partial charge in [0.2, 0.25) is 0 Å². The van der Waals surface area contributed by atoms with Crippen molar-refractivity contribution in [2.75, 3.05) is 36.9 Å². The van der Waals surface area contributed by atoms with E-state index in [1.54, 1.807) is 11.3 Å². The van der Waals surface area contributed by atoms with Crippen LogP contribution in [-0.2, 0) is 0 Å². The summed E-state index contributed by atoms with van der Waals surface area (Å²) in [5.74, 6) is 0. The molecule has 0 aliphatic carbocycles. The van der Waals surface area contributed by atoms with Gasteiger partial charge in [0.05, 0.1) is 13.2 Å². The van der Waals surface area contributed by atoms with Gasteiger partial charge < -0.3 is 20.8 Å². The lowest BCUT2D eigenvalue weighted by molar-refractivity contribution is 0.281. The smallest absolute Gasteiger partial charge is 0.0606 e. The van der Waals surface area contributed by atoms with Crippen molar-refractivity contribution in [2.45, 2.75) is 6.92 Å². The van der Waals surface area contributed by atoms with Crippen molar-refractivity contribution in [1.82, 2.24) is 0 Å². The topological polar surface area (TPSA) is 69.7 Å². The summed E-state index contributed by atoms with van der Waals surface area (Å²) in [7, 11) is 0. The molecule has 108 valence electrons. The van der Waals surface area contributed by atoms with E-state index in [0.29, 0.717) is 13.1 Å². The molecule has 0 bridgehead atoms. The highest BCUT2D eigenvalue weighted by Gasteiger charge is 2.12. The molecule has 0 spiro atoms. The van der Waals surface area contributed by atoms with Crippen LogP contribution < -0.4 is 10.6 Å². The van der Waals surface area contributed by atoms with Crippen LogP contribution in [0.5, 0.6) is 0 Å². The third-order valence-corrected chi connectivity index (χ3v) is 3.99. The molecule has 1 heterocycles. The lowest BCUT2D eigenvalue weighted by Gasteiger charge is -2.25. The van der Waals surface area contributed by atoms with Crippen molar-refractivity contribution >= 4 is 22.7 Å². The fraction of sp³-hybridized carbons (Fsp3) is 0.333. The number of anilines is 2. The molecule has 0 saturated heterocycles. The number of nitrogens with two attached hydrogens (primary N) is 1. The number of hydrogen-bond donors (Lipinski definition) is 3. The molecule has 2 rings (SSSR count). The molecule has 0 saturated carbocycles. The van der Waals surface area contributed by atoms with E-state index in [0.717, 1.165) is 28.1 Å². The molecular formula is C15H20N2O2S. The van der Waals surface area contributed by atoms with Gasteiger partial charge in [0.25, 0.3) is 0 Å². The van der Waals surface area contributed by atoms with Gasteiger partial charge in [-0.05, 0) is 47.0 Å². The van der Waals surface area contributed by atoms with Gasteiger partial charge in [0.1, 0.15) is 0 Å². The van der Waals surface area contributed by atoms with Gasteiger partial charge in [-0.15, -0.1) is 0 Å². The van der Waals surface area contributed by atoms with Crippen LogP contribution in [0, 0.1) is 6.92 Å². The number of hydrogen-bond acceptors (Lipinski definition) is 5. The van der Waals surface area contributed by atoms with Crippen LogP contribution >= 0.6 is 11.3 Å². The van der Waals surface area contributed by atoms with Gasteiger partial charge in [-0.25, -0.2) is 0 Å². The second-order valence-electron chi connectivity index (χ2n) is 4.67. The average molecular weight is 292 g/mol. The third kappa shape index (κ3) is 3.12. The number of nitrogen functional groups attached to an aromatic ring is 1. The molecule has 5 heteroatoms. The van der Waals surface area contributed by atoms with Gasteiger partial charge in [-0.2, -0.15) is 11.3 Å². The molecule has 4 nitrogen and oxygen atoms in total. The van der Waals surface area contributed by atoms with E-state index in [1.165, 1.54) is 0 Å². The summed E-state index contributed by atoms with van der Waals surface area (Å²) in [6.07, 6.45) is 0. The first-order valence-electron chi connectivity index (χ1n) is 6.56. The quantitative estimate of drug-likeness (QED) is 0.713. The predicted molar refractivity (Wildman–Crippen MR) is 85.3 cm³/mol. The maximum Gasteiger partial charge on any atom is 0.0606 e. The fourth-order valence-corrected chi connectivity index (χ4v) is 2.89. The summed E-state index contributed by atoms with van der Waals surface area (Å²) < 4.78 is 0. The van der Waals surface area contributed by atoms with E-state index in [1.807, 2.05) is 35.4 Å². The maximum atomic E-state index is 9.16. The fourth-order valence-electron chi connectivity index (χ4n) is 2.23. The number of thiophene rings is 1. The minimum absolute atomic E-state index is 0.0528. The Morgan fingerprint density at radius 2 is 1.90 bits per heavy atom. The van der Waals surface area contributed by atoms with E-state index < -0.39 is 0 Å². The summed E-state index contributed by atoms with van der Waals surface area (Å²) in [5, 5.41) is 22.4. The van der Waals surface area contributed by atoms with Crippen LogP contribution in [0.1, 0.15) is 5.56 Å². The summed E-state index contributed by atoms with van der Waals surface area (Å²) in [4.78, 5) is 1.96. The van der Waals surface area contributed by atoms with Gasteiger partial charge in [0, 0.05) is 30.0 Å². The molecular weight excluding hydrogens is 272 g/mol. The highest BCUT2D eigenvalue weighted by Crippen LogP contribution is 2.34. The van der Waals surface area contributed by atoms with E-state index >= 15 is 0 Å². The molecule has 0 atom stereocenters. The third-order valence-electron chi connectivity index (χ3n) is 3.31. The normalized spacial score (nSPS) is 10.8. The van der Waals surface area contributed by atoms with Crippen LogP contribution in [0.15, 0.2) is 29.0 Å². The Morgan fingerprint density at radius 1 is 1.20 bits per heavy atom. The van der Waals surface area contributed by atoms with Crippen LogP contribution in [0.2, 0.25) is 0 Å². The molecule has 2 aromatic rings. The highest BCUT2D eigenvalue weighted by atomic mass is 32.1. The number of aliphatic hydroxyl groups excluding tert-OH is 2. The van der Waals surface area contributed by atoms with Crippen molar-refractivity contribution < 1.29 is 10.2 Å². The zero-order valence-electron chi connectivity index (χ0n) is 11.5.